The predicted molar refractivity (Wildman–Crippen MR) is 67.9 cm³/mol. The maximum Gasteiger partial charge on any atom is 0.0123 e. The topological polar surface area (TPSA) is 12.0 Å². The molecule has 0 spiro atoms. The van der Waals surface area contributed by atoms with E-state index in [0.29, 0.717) is 0 Å². The lowest BCUT2D eigenvalue weighted by Crippen LogP contribution is -2.53. The van der Waals surface area contributed by atoms with E-state index in [1.807, 2.05) is 0 Å². The van der Waals surface area contributed by atoms with Gasteiger partial charge in [-0.1, -0.05) is 41.5 Å². The highest BCUT2D eigenvalue weighted by Crippen LogP contribution is 2.32. The predicted octanol–water partition coefficient (Wildman–Crippen LogP) is 3.69. The molecule has 1 nitrogen and oxygen atoms in total. The van der Waals surface area contributed by atoms with Crippen molar-refractivity contribution in [2.24, 2.45) is 23.7 Å². The molecule has 0 amide bonds. The molecule has 1 aliphatic heterocycles. The van der Waals surface area contributed by atoms with E-state index >= 15 is 0 Å². The largest absolute Gasteiger partial charge is 0.310 e. The fraction of sp³-hybridized carbons (Fsp3) is 1.00. The van der Waals surface area contributed by atoms with Gasteiger partial charge in [0.2, 0.25) is 0 Å². The van der Waals surface area contributed by atoms with Crippen LogP contribution >= 0.6 is 0 Å². The summed E-state index contributed by atoms with van der Waals surface area (Å²) >= 11 is 0. The molecular formula is C14H29N. The van der Waals surface area contributed by atoms with Crippen LogP contribution in [0.15, 0.2) is 0 Å². The molecule has 1 heterocycles. The second kappa shape index (κ2) is 5.34. The van der Waals surface area contributed by atoms with Gasteiger partial charge < -0.3 is 5.32 Å². The maximum absolute atomic E-state index is 3.88. The lowest BCUT2D eigenvalue weighted by molar-refractivity contribution is 0.129. The Morgan fingerprint density at radius 2 is 1.40 bits per heavy atom. The zero-order chi connectivity index (χ0) is 11.6. The average molecular weight is 211 g/mol. The van der Waals surface area contributed by atoms with Crippen molar-refractivity contribution in [2.45, 2.75) is 66.5 Å². The van der Waals surface area contributed by atoms with Crippen LogP contribution in [0.1, 0.15) is 54.4 Å². The van der Waals surface area contributed by atoms with Crippen molar-refractivity contribution in [2.75, 3.05) is 0 Å². The second-order valence-electron chi connectivity index (χ2n) is 6.27. The van der Waals surface area contributed by atoms with E-state index in [1.165, 1.54) is 12.8 Å². The van der Waals surface area contributed by atoms with Crippen LogP contribution in [-0.4, -0.2) is 12.1 Å². The van der Waals surface area contributed by atoms with Crippen molar-refractivity contribution in [1.82, 2.24) is 5.32 Å². The van der Waals surface area contributed by atoms with Crippen LogP contribution in [0, 0.1) is 23.7 Å². The molecule has 1 aliphatic rings. The molecule has 3 unspecified atom stereocenters. The quantitative estimate of drug-likeness (QED) is 0.750. The van der Waals surface area contributed by atoms with Crippen LogP contribution in [0.2, 0.25) is 0 Å². The number of rotatable bonds is 3. The van der Waals surface area contributed by atoms with Gasteiger partial charge in [0.15, 0.2) is 0 Å². The van der Waals surface area contributed by atoms with Crippen molar-refractivity contribution in [3.05, 3.63) is 0 Å². The molecule has 3 atom stereocenters. The molecule has 0 aromatic heterocycles. The highest BCUT2D eigenvalue weighted by Gasteiger charge is 2.34. The summed E-state index contributed by atoms with van der Waals surface area (Å²) in [6, 6.07) is 1.47. The summed E-state index contributed by atoms with van der Waals surface area (Å²) in [6.45, 7) is 14.1. The summed E-state index contributed by atoms with van der Waals surface area (Å²) in [5.74, 6) is 3.23. The Morgan fingerprint density at radius 1 is 0.800 bits per heavy atom. The van der Waals surface area contributed by atoms with Gasteiger partial charge in [0.1, 0.15) is 0 Å². The third-order valence-corrected chi connectivity index (χ3v) is 4.06. The van der Waals surface area contributed by atoms with Gasteiger partial charge in [-0.05, 0) is 36.5 Å². The van der Waals surface area contributed by atoms with E-state index in [4.69, 9.17) is 0 Å². The summed E-state index contributed by atoms with van der Waals surface area (Å²) in [4.78, 5) is 0. The minimum Gasteiger partial charge on any atom is -0.310 e. The van der Waals surface area contributed by atoms with Gasteiger partial charge in [0, 0.05) is 12.1 Å². The summed E-state index contributed by atoms with van der Waals surface area (Å²) in [7, 11) is 0. The normalized spacial score (nSPS) is 33.0. The lowest BCUT2D eigenvalue weighted by Gasteiger charge is -2.43. The van der Waals surface area contributed by atoms with Crippen LogP contribution in [0.25, 0.3) is 0 Å². The Kier molecular flexibility index (Phi) is 4.64. The SMILES string of the molecule is CC(C)C1CCC(C(C)C)C(C(C)C)N1. The second-order valence-corrected chi connectivity index (χ2v) is 6.27. The van der Waals surface area contributed by atoms with Crippen molar-refractivity contribution >= 4 is 0 Å². The Morgan fingerprint density at radius 3 is 1.80 bits per heavy atom. The standard InChI is InChI=1S/C14H29N/c1-9(2)12-7-8-13(10(3)4)15-14(12)11(5)6/h9-15H,7-8H2,1-6H3. The Labute approximate surface area is 96.0 Å². The first-order valence-corrected chi connectivity index (χ1v) is 6.69. The van der Waals surface area contributed by atoms with Gasteiger partial charge in [0.25, 0.3) is 0 Å². The third kappa shape index (κ3) is 3.21. The van der Waals surface area contributed by atoms with Crippen LogP contribution in [0.3, 0.4) is 0 Å². The van der Waals surface area contributed by atoms with Gasteiger partial charge in [-0.25, -0.2) is 0 Å². The first-order chi connectivity index (χ1) is 6.93. The molecule has 0 aromatic rings. The molecule has 1 fully saturated rings. The maximum atomic E-state index is 3.88. The molecule has 1 N–H and O–H groups in total. The molecule has 90 valence electrons. The summed E-state index contributed by atoms with van der Waals surface area (Å²) < 4.78 is 0. The minimum absolute atomic E-state index is 0.728. The van der Waals surface area contributed by atoms with E-state index < -0.39 is 0 Å². The summed E-state index contributed by atoms with van der Waals surface area (Å²) in [5.41, 5.74) is 0. The highest BCUT2D eigenvalue weighted by molar-refractivity contribution is 4.90. The molecule has 0 aliphatic carbocycles. The molecule has 15 heavy (non-hydrogen) atoms. The van der Waals surface area contributed by atoms with Crippen LogP contribution in [0.4, 0.5) is 0 Å². The monoisotopic (exact) mass is 211 g/mol. The Hall–Kier alpha value is -0.0400. The fourth-order valence-electron chi connectivity index (χ4n) is 2.97. The van der Waals surface area contributed by atoms with E-state index in [9.17, 15) is 0 Å². The molecule has 0 saturated carbocycles. The average Bonchev–Trinajstić information content (AvgIpc) is 2.16. The molecule has 1 saturated heterocycles. The summed E-state index contributed by atoms with van der Waals surface area (Å²) in [5, 5.41) is 3.88. The van der Waals surface area contributed by atoms with Crippen molar-refractivity contribution in [3.63, 3.8) is 0 Å². The minimum atomic E-state index is 0.728. The van der Waals surface area contributed by atoms with Crippen molar-refractivity contribution in [3.8, 4) is 0 Å². The first kappa shape index (κ1) is 13.0. The number of hydrogen-bond acceptors (Lipinski definition) is 1. The smallest absolute Gasteiger partial charge is 0.0123 e. The van der Waals surface area contributed by atoms with Crippen molar-refractivity contribution in [1.29, 1.82) is 0 Å². The number of nitrogens with one attached hydrogen (secondary N) is 1. The highest BCUT2D eigenvalue weighted by atomic mass is 15.0. The van der Waals surface area contributed by atoms with Crippen molar-refractivity contribution < 1.29 is 0 Å². The van der Waals surface area contributed by atoms with Gasteiger partial charge in [-0.3, -0.25) is 0 Å². The van der Waals surface area contributed by atoms with Gasteiger partial charge in [0.05, 0.1) is 0 Å². The van der Waals surface area contributed by atoms with Gasteiger partial charge >= 0.3 is 0 Å². The molecule has 0 bridgehead atoms. The third-order valence-electron chi connectivity index (χ3n) is 4.06. The zero-order valence-corrected chi connectivity index (χ0v) is 11.4. The summed E-state index contributed by atoms with van der Waals surface area (Å²) in [6.07, 6.45) is 2.78. The molecule has 0 radical (unpaired) electrons. The van der Waals surface area contributed by atoms with Crippen LogP contribution < -0.4 is 5.32 Å². The molecule has 1 rings (SSSR count). The first-order valence-electron chi connectivity index (χ1n) is 6.69. The van der Waals surface area contributed by atoms with E-state index in [1.54, 1.807) is 0 Å². The van der Waals surface area contributed by atoms with Gasteiger partial charge in [-0.2, -0.15) is 0 Å². The molecule has 0 aromatic carbocycles. The Balaban J connectivity index is 2.65. The number of piperidine rings is 1. The molecule has 1 heteroatoms. The Bertz CT molecular complexity index is 184. The zero-order valence-electron chi connectivity index (χ0n) is 11.4. The lowest BCUT2D eigenvalue weighted by atomic mass is 9.74. The fourth-order valence-corrected chi connectivity index (χ4v) is 2.97. The van der Waals surface area contributed by atoms with Gasteiger partial charge in [-0.15, -0.1) is 0 Å². The van der Waals surface area contributed by atoms with Crippen LogP contribution in [0.5, 0.6) is 0 Å². The molecular weight excluding hydrogens is 182 g/mol. The van der Waals surface area contributed by atoms with E-state index in [2.05, 4.69) is 46.9 Å². The van der Waals surface area contributed by atoms with E-state index in [0.717, 1.165) is 35.8 Å². The van der Waals surface area contributed by atoms with Crippen LogP contribution in [-0.2, 0) is 0 Å². The number of hydrogen-bond donors (Lipinski definition) is 1. The van der Waals surface area contributed by atoms with E-state index in [-0.39, 0.29) is 0 Å².